The van der Waals surface area contributed by atoms with E-state index in [1.165, 1.54) is 0 Å². The molecule has 3 nitrogen and oxygen atoms in total. The minimum atomic E-state index is 0.0725. The molecule has 72 valence electrons. The summed E-state index contributed by atoms with van der Waals surface area (Å²) >= 11 is 3.35. The van der Waals surface area contributed by atoms with Crippen molar-refractivity contribution in [1.82, 2.24) is 9.78 Å². The van der Waals surface area contributed by atoms with Gasteiger partial charge in [0.15, 0.2) is 5.78 Å². The molecule has 0 saturated carbocycles. The molecular weight excluding hydrogens is 232 g/mol. The number of hydrogen-bond donors (Lipinski definition) is 0. The van der Waals surface area contributed by atoms with E-state index in [2.05, 4.69) is 21.0 Å². The molecule has 1 aromatic rings. The van der Waals surface area contributed by atoms with Gasteiger partial charge in [0, 0.05) is 12.1 Å². The Morgan fingerprint density at radius 1 is 1.69 bits per heavy atom. The second-order valence-corrected chi connectivity index (χ2v) is 4.24. The summed E-state index contributed by atoms with van der Waals surface area (Å²) in [4.78, 5) is 11.4. The van der Waals surface area contributed by atoms with Crippen molar-refractivity contribution in [1.29, 1.82) is 0 Å². The SMILES string of the molecule is Cc1nn(CC(=O)C(C)C)cc1Br. The lowest BCUT2D eigenvalue weighted by Gasteiger charge is -2.03. The molecule has 4 heteroatoms. The minimum Gasteiger partial charge on any atom is -0.297 e. The molecule has 13 heavy (non-hydrogen) atoms. The van der Waals surface area contributed by atoms with Gasteiger partial charge in [-0.1, -0.05) is 13.8 Å². The molecule has 0 bridgehead atoms. The number of carbonyl (C=O) groups is 1. The largest absolute Gasteiger partial charge is 0.297 e. The monoisotopic (exact) mass is 244 g/mol. The summed E-state index contributed by atoms with van der Waals surface area (Å²) in [5, 5.41) is 4.18. The Kier molecular flexibility index (Phi) is 3.25. The summed E-state index contributed by atoms with van der Waals surface area (Å²) in [6, 6.07) is 0. The van der Waals surface area contributed by atoms with E-state index in [1.54, 1.807) is 4.68 Å². The topological polar surface area (TPSA) is 34.9 Å². The van der Waals surface area contributed by atoms with Gasteiger partial charge in [0.05, 0.1) is 16.7 Å². The van der Waals surface area contributed by atoms with E-state index in [0.29, 0.717) is 6.54 Å². The van der Waals surface area contributed by atoms with Gasteiger partial charge in [0.25, 0.3) is 0 Å². The Bertz CT molecular complexity index is 298. The van der Waals surface area contributed by atoms with Crippen LogP contribution < -0.4 is 0 Å². The minimum absolute atomic E-state index is 0.0725. The Balaban J connectivity index is 2.70. The van der Waals surface area contributed by atoms with Gasteiger partial charge in [-0.3, -0.25) is 9.48 Å². The van der Waals surface area contributed by atoms with Crippen LogP contribution >= 0.6 is 15.9 Å². The first-order chi connectivity index (χ1) is 6.00. The molecule has 0 aromatic carbocycles. The van der Waals surface area contributed by atoms with Gasteiger partial charge in [-0.15, -0.1) is 0 Å². The number of rotatable bonds is 3. The van der Waals surface area contributed by atoms with E-state index >= 15 is 0 Å². The first-order valence-corrected chi connectivity index (χ1v) is 5.02. The third-order valence-electron chi connectivity index (χ3n) is 1.85. The third-order valence-corrected chi connectivity index (χ3v) is 2.63. The first-order valence-electron chi connectivity index (χ1n) is 4.23. The lowest BCUT2D eigenvalue weighted by atomic mass is 10.1. The summed E-state index contributed by atoms with van der Waals surface area (Å²) in [6.45, 7) is 6.06. The molecule has 0 aliphatic carbocycles. The fourth-order valence-electron chi connectivity index (χ4n) is 0.917. The zero-order chi connectivity index (χ0) is 10.0. The number of aromatic nitrogens is 2. The molecule has 1 aromatic heterocycles. The first kappa shape index (κ1) is 10.4. The van der Waals surface area contributed by atoms with E-state index in [1.807, 2.05) is 27.0 Å². The third kappa shape index (κ3) is 2.66. The van der Waals surface area contributed by atoms with Gasteiger partial charge in [-0.05, 0) is 22.9 Å². The number of hydrogen-bond acceptors (Lipinski definition) is 2. The highest BCUT2D eigenvalue weighted by Crippen LogP contribution is 2.13. The van der Waals surface area contributed by atoms with Gasteiger partial charge in [0.2, 0.25) is 0 Å². The molecule has 0 atom stereocenters. The Morgan fingerprint density at radius 2 is 2.31 bits per heavy atom. The van der Waals surface area contributed by atoms with Crippen molar-refractivity contribution in [2.75, 3.05) is 0 Å². The van der Waals surface area contributed by atoms with Crippen molar-refractivity contribution in [2.24, 2.45) is 5.92 Å². The van der Waals surface area contributed by atoms with Crippen LogP contribution in [0.4, 0.5) is 0 Å². The normalized spacial score (nSPS) is 10.8. The second kappa shape index (κ2) is 4.05. The van der Waals surface area contributed by atoms with Crippen LogP contribution in [0.5, 0.6) is 0 Å². The van der Waals surface area contributed by atoms with Gasteiger partial charge in [-0.25, -0.2) is 0 Å². The molecule has 1 heterocycles. The lowest BCUT2D eigenvalue weighted by molar-refractivity contribution is -0.122. The fraction of sp³-hybridized carbons (Fsp3) is 0.556. The summed E-state index contributed by atoms with van der Waals surface area (Å²) < 4.78 is 2.62. The van der Waals surface area contributed by atoms with Gasteiger partial charge in [-0.2, -0.15) is 5.10 Å². The molecule has 0 saturated heterocycles. The fourth-order valence-corrected chi connectivity index (χ4v) is 1.23. The van der Waals surface area contributed by atoms with E-state index in [-0.39, 0.29) is 11.7 Å². The maximum absolute atomic E-state index is 11.4. The molecule has 0 fully saturated rings. The van der Waals surface area contributed by atoms with Crippen LogP contribution in [0, 0.1) is 12.8 Å². The van der Waals surface area contributed by atoms with Crippen LogP contribution in [0.15, 0.2) is 10.7 Å². The average molecular weight is 245 g/mol. The van der Waals surface area contributed by atoms with Crippen molar-refractivity contribution < 1.29 is 4.79 Å². The van der Waals surface area contributed by atoms with Gasteiger partial charge >= 0.3 is 0 Å². The maximum Gasteiger partial charge on any atom is 0.156 e. The quantitative estimate of drug-likeness (QED) is 0.818. The molecule has 0 aliphatic heterocycles. The van der Waals surface area contributed by atoms with E-state index < -0.39 is 0 Å². The van der Waals surface area contributed by atoms with Crippen LogP contribution in [-0.2, 0) is 11.3 Å². The zero-order valence-electron chi connectivity index (χ0n) is 8.04. The van der Waals surface area contributed by atoms with E-state index in [9.17, 15) is 4.79 Å². The molecule has 0 amide bonds. The van der Waals surface area contributed by atoms with Crippen molar-refractivity contribution in [3.8, 4) is 0 Å². The number of halogens is 1. The van der Waals surface area contributed by atoms with Crippen LogP contribution in [0.25, 0.3) is 0 Å². The molecule has 0 aliphatic rings. The maximum atomic E-state index is 11.4. The molecule has 1 rings (SSSR count). The highest BCUT2D eigenvalue weighted by Gasteiger charge is 2.09. The van der Waals surface area contributed by atoms with Crippen LogP contribution in [0.3, 0.4) is 0 Å². The smallest absolute Gasteiger partial charge is 0.156 e. The van der Waals surface area contributed by atoms with Gasteiger partial charge in [0.1, 0.15) is 0 Å². The summed E-state index contributed by atoms with van der Waals surface area (Å²) in [6.07, 6.45) is 1.83. The Hall–Kier alpha value is -0.640. The summed E-state index contributed by atoms with van der Waals surface area (Å²) in [7, 11) is 0. The Morgan fingerprint density at radius 3 is 2.69 bits per heavy atom. The highest BCUT2D eigenvalue weighted by molar-refractivity contribution is 9.10. The molecule has 0 radical (unpaired) electrons. The number of carbonyl (C=O) groups excluding carboxylic acids is 1. The van der Waals surface area contributed by atoms with Crippen molar-refractivity contribution >= 4 is 21.7 Å². The molecule has 0 spiro atoms. The van der Waals surface area contributed by atoms with E-state index in [4.69, 9.17) is 0 Å². The molecule has 0 N–H and O–H groups in total. The zero-order valence-corrected chi connectivity index (χ0v) is 9.63. The van der Waals surface area contributed by atoms with Crippen LogP contribution in [-0.4, -0.2) is 15.6 Å². The number of nitrogens with zero attached hydrogens (tertiary/aromatic N) is 2. The lowest BCUT2D eigenvalue weighted by Crippen LogP contribution is -2.15. The standard InChI is InChI=1S/C9H13BrN2O/c1-6(2)9(13)5-12-4-8(10)7(3)11-12/h4,6H,5H2,1-3H3. The number of aryl methyl sites for hydroxylation is 1. The summed E-state index contributed by atoms with van der Waals surface area (Å²) in [5.74, 6) is 0.276. The average Bonchev–Trinajstić information content (AvgIpc) is 2.31. The number of ketones is 1. The summed E-state index contributed by atoms with van der Waals surface area (Å²) in [5.41, 5.74) is 0.913. The van der Waals surface area contributed by atoms with Crippen molar-refractivity contribution in [3.05, 3.63) is 16.4 Å². The van der Waals surface area contributed by atoms with Gasteiger partial charge < -0.3 is 0 Å². The van der Waals surface area contributed by atoms with Crippen LogP contribution in [0.1, 0.15) is 19.5 Å². The van der Waals surface area contributed by atoms with Crippen molar-refractivity contribution in [2.45, 2.75) is 27.3 Å². The molecular formula is C9H13BrN2O. The van der Waals surface area contributed by atoms with Crippen molar-refractivity contribution in [3.63, 3.8) is 0 Å². The van der Waals surface area contributed by atoms with Crippen LogP contribution in [0.2, 0.25) is 0 Å². The predicted octanol–water partition coefficient (Wildman–Crippen LogP) is 2.18. The van der Waals surface area contributed by atoms with E-state index in [0.717, 1.165) is 10.2 Å². The highest BCUT2D eigenvalue weighted by atomic mass is 79.9. The number of Topliss-reactive ketones (excluding diaryl/α,β-unsaturated/α-hetero) is 1. The second-order valence-electron chi connectivity index (χ2n) is 3.38. The molecule has 0 unspecified atom stereocenters. The predicted molar refractivity (Wildman–Crippen MR) is 54.5 cm³/mol. The Labute approximate surface area is 86.3 Å².